The van der Waals surface area contributed by atoms with Gasteiger partial charge in [0.25, 0.3) is 0 Å². The fraction of sp³-hybridized carbons (Fsp3) is 0.417. The maximum absolute atomic E-state index is 13.1. The van der Waals surface area contributed by atoms with Gasteiger partial charge in [-0.2, -0.15) is 0 Å². The molecule has 0 radical (unpaired) electrons. The van der Waals surface area contributed by atoms with Gasteiger partial charge in [-0.1, -0.05) is 25.4 Å². The summed E-state index contributed by atoms with van der Waals surface area (Å²) in [5, 5.41) is 9.11. The number of rotatable bonds is 4. The van der Waals surface area contributed by atoms with Crippen molar-refractivity contribution in [2.45, 2.75) is 32.1 Å². The van der Waals surface area contributed by atoms with Crippen LogP contribution in [0.1, 0.15) is 32.3 Å². The third kappa shape index (κ3) is 3.20. The number of benzene rings is 1. The van der Waals surface area contributed by atoms with Gasteiger partial charge in [0.2, 0.25) is 0 Å². The molecule has 16 heavy (non-hydrogen) atoms. The largest absolute Gasteiger partial charge is 0.481 e. The Morgan fingerprint density at radius 2 is 2.12 bits per heavy atom. The van der Waals surface area contributed by atoms with Crippen molar-refractivity contribution in [3.05, 3.63) is 34.6 Å². The predicted molar refractivity (Wildman–Crippen MR) is 61.3 cm³/mol. The molecule has 0 aliphatic carbocycles. The van der Waals surface area contributed by atoms with Gasteiger partial charge in [0.15, 0.2) is 0 Å². The highest BCUT2D eigenvalue weighted by Gasteiger charge is 2.24. The quantitative estimate of drug-likeness (QED) is 0.878. The lowest BCUT2D eigenvalue weighted by Crippen LogP contribution is -2.19. The first-order valence-electron chi connectivity index (χ1n) is 5.00. The molecule has 0 saturated carbocycles. The van der Waals surface area contributed by atoms with Gasteiger partial charge in [-0.15, -0.1) is 0 Å². The van der Waals surface area contributed by atoms with Crippen molar-refractivity contribution < 1.29 is 14.3 Å². The second kappa shape index (κ2) is 4.83. The fourth-order valence-corrected chi connectivity index (χ4v) is 1.94. The van der Waals surface area contributed by atoms with E-state index < -0.39 is 11.4 Å². The first-order chi connectivity index (χ1) is 7.33. The number of carboxylic acid groups (broad SMARTS) is 1. The Balaban J connectivity index is 2.96. The molecule has 0 bridgehead atoms. The van der Waals surface area contributed by atoms with E-state index in [0.29, 0.717) is 17.0 Å². The predicted octanol–water partition coefficient (Wildman–Crippen LogP) is 3.62. The molecule has 0 aliphatic heterocycles. The number of halogens is 2. The Labute approximate surface area is 99.0 Å². The SMILES string of the molecule is CC(C)(CCC(=O)O)c1cc(F)ccc1Cl. The Kier molecular flexibility index (Phi) is 3.92. The summed E-state index contributed by atoms with van der Waals surface area (Å²) in [5.41, 5.74) is 0.202. The van der Waals surface area contributed by atoms with Crippen LogP contribution in [-0.4, -0.2) is 11.1 Å². The molecule has 1 N–H and O–H groups in total. The maximum Gasteiger partial charge on any atom is 0.303 e. The lowest BCUT2D eigenvalue weighted by atomic mass is 9.80. The summed E-state index contributed by atoms with van der Waals surface area (Å²) < 4.78 is 13.1. The highest BCUT2D eigenvalue weighted by molar-refractivity contribution is 6.31. The molecule has 0 amide bonds. The monoisotopic (exact) mass is 244 g/mol. The van der Waals surface area contributed by atoms with Gasteiger partial charge in [-0.25, -0.2) is 4.39 Å². The van der Waals surface area contributed by atoms with E-state index >= 15 is 0 Å². The van der Waals surface area contributed by atoms with Crippen LogP contribution in [0.15, 0.2) is 18.2 Å². The van der Waals surface area contributed by atoms with Crippen LogP contribution in [0.3, 0.4) is 0 Å². The van der Waals surface area contributed by atoms with Gasteiger partial charge in [-0.3, -0.25) is 4.79 Å². The van der Waals surface area contributed by atoms with E-state index in [9.17, 15) is 9.18 Å². The van der Waals surface area contributed by atoms with E-state index in [1.165, 1.54) is 18.2 Å². The Morgan fingerprint density at radius 1 is 1.50 bits per heavy atom. The van der Waals surface area contributed by atoms with E-state index in [1.54, 1.807) is 0 Å². The summed E-state index contributed by atoms with van der Waals surface area (Å²) in [6.07, 6.45) is 0.464. The van der Waals surface area contributed by atoms with Gasteiger partial charge in [-0.05, 0) is 35.6 Å². The normalized spacial score (nSPS) is 11.5. The number of carbonyl (C=O) groups is 1. The zero-order chi connectivity index (χ0) is 12.3. The summed E-state index contributed by atoms with van der Waals surface area (Å²) in [6.45, 7) is 3.72. The average Bonchev–Trinajstić information content (AvgIpc) is 2.19. The molecule has 1 aromatic rings. The van der Waals surface area contributed by atoms with Crippen LogP contribution < -0.4 is 0 Å². The molecule has 1 rings (SSSR count). The fourth-order valence-electron chi connectivity index (χ4n) is 1.57. The van der Waals surface area contributed by atoms with E-state index in [0.717, 1.165) is 0 Å². The highest BCUT2D eigenvalue weighted by Crippen LogP contribution is 2.34. The number of carboxylic acids is 1. The zero-order valence-electron chi connectivity index (χ0n) is 9.26. The first-order valence-corrected chi connectivity index (χ1v) is 5.38. The molecule has 0 unspecified atom stereocenters. The summed E-state index contributed by atoms with van der Waals surface area (Å²) in [7, 11) is 0. The molecule has 0 heterocycles. The van der Waals surface area contributed by atoms with E-state index in [4.69, 9.17) is 16.7 Å². The third-order valence-corrected chi connectivity index (χ3v) is 2.95. The zero-order valence-corrected chi connectivity index (χ0v) is 10.0. The number of aliphatic carboxylic acids is 1. The molecule has 0 atom stereocenters. The molecule has 1 aromatic carbocycles. The lowest BCUT2D eigenvalue weighted by molar-refractivity contribution is -0.137. The van der Waals surface area contributed by atoms with E-state index in [-0.39, 0.29) is 12.2 Å². The Hall–Kier alpha value is -1.09. The van der Waals surface area contributed by atoms with Crippen LogP contribution in [0.5, 0.6) is 0 Å². The van der Waals surface area contributed by atoms with E-state index in [2.05, 4.69) is 0 Å². The molecular formula is C12H14ClFO2. The first kappa shape index (κ1) is 13.0. The van der Waals surface area contributed by atoms with Crippen LogP contribution in [0.2, 0.25) is 5.02 Å². The molecule has 0 aliphatic rings. The van der Waals surface area contributed by atoms with Crippen molar-refractivity contribution >= 4 is 17.6 Å². The molecule has 0 aromatic heterocycles. The number of hydrogen-bond donors (Lipinski definition) is 1. The summed E-state index contributed by atoms with van der Waals surface area (Å²) in [5.74, 6) is -1.22. The van der Waals surface area contributed by atoms with Gasteiger partial charge in [0.1, 0.15) is 5.82 Å². The lowest BCUT2D eigenvalue weighted by Gasteiger charge is -2.25. The Bertz CT molecular complexity index is 402. The maximum atomic E-state index is 13.1. The molecule has 2 nitrogen and oxygen atoms in total. The van der Waals surface area contributed by atoms with Gasteiger partial charge >= 0.3 is 5.97 Å². The third-order valence-electron chi connectivity index (χ3n) is 2.62. The second-order valence-electron chi connectivity index (χ2n) is 4.40. The molecule has 0 saturated heterocycles. The highest BCUT2D eigenvalue weighted by atomic mass is 35.5. The van der Waals surface area contributed by atoms with Crippen molar-refractivity contribution in [1.82, 2.24) is 0 Å². The molecule has 0 spiro atoms. The van der Waals surface area contributed by atoms with Crippen molar-refractivity contribution in [3.8, 4) is 0 Å². The molecular weight excluding hydrogens is 231 g/mol. The standard InChI is InChI=1S/C12H14ClFO2/c1-12(2,6-5-11(15)16)9-7-8(14)3-4-10(9)13/h3-4,7H,5-6H2,1-2H3,(H,15,16). The van der Waals surface area contributed by atoms with Crippen molar-refractivity contribution in [2.24, 2.45) is 0 Å². The van der Waals surface area contributed by atoms with Crippen LogP contribution in [0.4, 0.5) is 4.39 Å². The minimum Gasteiger partial charge on any atom is -0.481 e. The molecule has 4 heteroatoms. The molecule has 0 fully saturated rings. The van der Waals surface area contributed by atoms with Crippen LogP contribution in [0, 0.1) is 5.82 Å². The summed E-state index contributed by atoms with van der Waals surface area (Å²) in [4.78, 5) is 10.5. The minimum absolute atomic E-state index is 0.0415. The summed E-state index contributed by atoms with van der Waals surface area (Å²) in [6, 6.07) is 4.15. The van der Waals surface area contributed by atoms with Crippen LogP contribution in [0.25, 0.3) is 0 Å². The van der Waals surface area contributed by atoms with Crippen molar-refractivity contribution in [2.75, 3.05) is 0 Å². The van der Waals surface area contributed by atoms with Crippen LogP contribution >= 0.6 is 11.6 Å². The van der Waals surface area contributed by atoms with Gasteiger partial charge < -0.3 is 5.11 Å². The summed E-state index contributed by atoms with van der Waals surface area (Å²) >= 11 is 5.98. The minimum atomic E-state index is -0.861. The van der Waals surface area contributed by atoms with E-state index in [1.807, 2.05) is 13.8 Å². The van der Waals surface area contributed by atoms with Crippen molar-refractivity contribution in [1.29, 1.82) is 0 Å². The van der Waals surface area contributed by atoms with Crippen LogP contribution in [-0.2, 0) is 10.2 Å². The average molecular weight is 245 g/mol. The van der Waals surface area contributed by atoms with Crippen molar-refractivity contribution in [3.63, 3.8) is 0 Å². The van der Waals surface area contributed by atoms with Gasteiger partial charge in [0.05, 0.1) is 0 Å². The molecule has 88 valence electrons. The number of hydrogen-bond acceptors (Lipinski definition) is 1. The smallest absolute Gasteiger partial charge is 0.303 e. The topological polar surface area (TPSA) is 37.3 Å². The Morgan fingerprint density at radius 3 is 2.69 bits per heavy atom. The second-order valence-corrected chi connectivity index (χ2v) is 4.81. The van der Waals surface area contributed by atoms with Gasteiger partial charge in [0, 0.05) is 11.4 Å².